The normalized spacial score (nSPS) is 12.1. The van der Waals surface area contributed by atoms with Gasteiger partial charge in [0.15, 0.2) is 0 Å². The number of nitrogens with zero attached hydrogens (tertiary/aromatic N) is 2. The number of rotatable bonds is 13. The Kier molecular flexibility index (Phi) is 11.5. The standard InChI is InChI=1S/C26H35Cl2N3O5S/c1-6-8-13-29-26(33)22(7-2)30(16-19-10-11-20(27)21(28)15-19)25(32)17-31(37(5,34)35)23-14-18(3)9-12-24(23)36-4/h9-12,14-15,22H,6-8,13,16-17H2,1-5H3,(H,29,33)/t22-/m1/s1. The third kappa shape index (κ3) is 8.51. The number of sulfonamides is 1. The summed E-state index contributed by atoms with van der Waals surface area (Å²) in [5.41, 5.74) is 1.70. The summed E-state index contributed by atoms with van der Waals surface area (Å²) >= 11 is 12.3. The molecule has 0 saturated carbocycles. The van der Waals surface area contributed by atoms with Crippen LogP contribution in [0, 0.1) is 6.92 Å². The van der Waals surface area contributed by atoms with E-state index in [0.29, 0.717) is 34.3 Å². The van der Waals surface area contributed by atoms with Crippen LogP contribution in [-0.4, -0.2) is 57.6 Å². The molecule has 0 aromatic heterocycles. The Labute approximate surface area is 229 Å². The first kappa shape index (κ1) is 30.7. The molecule has 0 heterocycles. The number of benzene rings is 2. The van der Waals surface area contributed by atoms with Crippen LogP contribution in [0.2, 0.25) is 10.0 Å². The molecule has 0 saturated heterocycles. The maximum Gasteiger partial charge on any atom is 0.244 e. The van der Waals surface area contributed by atoms with Gasteiger partial charge in [-0.15, -0.1) is 0 Å². The molecule has 0 aliphatic rings. The number of unbranched alkanes of at least 4 members (excludes halogenated alkanes) is 1. The Morgan fingerprint density at radius 2 is 1.78 bits per heavy atom. The fourth-order valence-electron chi connectivity index (χ4n) is 3.85. The van der Waals surface area contributed by atoms with Gasteiger partial charge in [0.2, 0.25) is 21.8 Å². The number of ether oxygens (including phenoxy) is 1. The molecular weight excluding hydrogens is 537 g/mol. The van der Waals surface area contributed by atoms with Gasteiger partial charge < -0.3 is 15.0 Å². The zero-order chi connectivity index (χ0) is 27.8. The Bertz CT molecular complexity index is 1210. The minimum absolute atomic E-state index is 0.0397. The molecule has 0 radical (unpaired) electrons. The SMILES string of the molecule is CCCCNC(=O)[C@@H](CC)N(Cc1ccc(Cl)c(Cl)c1)C(=O)CN(c1cc(C)ccc1OC)S(C)(=O)=O. The fraction of sp³-hybridized carbons (Fsp3) is 0.462. The van der Waals surface area contributed by atoms with Crippen LogP contribution in [0.3, 0.4) is 0 Å². The third-order valence-electron chi connectivity index (χ3n) is 5.83. The zero-order valence-electron chi connectivity index (χ0n) is 21.9. The minimum atomic E-state index is -3.88. The largest absolute Gasteiger partial charge is 0.495 e. The summed E-state index contributed by atoms with van der Waals surface area (Å²) in [7, 11) is -2.45. The van der Waals surface area contributed by atoms with Crippen LogP contribution in [0.15, 0.2) is 36.4 Å². The van der Waals surface area contributed by atoms with E-state index in [9.17, 15) is 18.0 Å². The van der Waals surface area contributed by atoms with Gasteiger partial charge in [-0.3, -0.25) is 13.9 Å². The van der Waals surface area contributed by atoms with Crippen molar-refractivity contribution in [1.82, 2.24) is 10.2 Å². The Morgan fingerprint density at radius 1 is 1.08 bits per heavy atom. The van der Waals surface area contributed by atoms with Crippen molar-refractivity contribution in [1.29, 1.82) is 0 Å². The van der Waals surface area contributed by atoms with Crippen molar-refractivity contribution in [2.75, 3.05) is 30.8 Å². The van der Waals surface area contributed by atoms with E-state index in [2.05, 4.69) is 5.32 Å². The van der Waals surface area contributed by atoms with Crippen molar-refractivity contribution in [3.8, 4) is 5.75 Å². The Hall–Kier alpha value is -2.49. The molecule has 2 amide bonds. The van der Waals surface area contributed by atoms with E-state index in [-0.39, 0.29) is 18.1 Å². The van der Waals surface area contributed by atoms with Gasteiger partial charge in [0.25, 0.3) is 0 Å². The van der Waals surface area contributed by atoms with E-state index in [1.165, 1.54) is 12.0 Å². The van der Waals surface area contributed by atoms with Crippen LogP contribution in [-0.2, 0) is 26.2 Å². The summed E-state index contributed by atoms with van der Waals surface area (Å²) in [6.45, 7) is 5.64. The molecule has 2 rings (SSSR count). The lowest BCUT2D eigenvalue weighted by Gasteiger charge is -2.33. The predicted molar refractivity (Wildman–Crippen MR) is 149 cm³/mol. The van der Waals surface area contributed by atoms with Gasteiger partial charge in [-0.25, -0.2) is 8.42 Å². The second kappa shape index (κ2) is 13.9. The molecule has 0 spiro atoms. The van der Waals surface area contributed by atoms with Crippen LogP contribution in [0.1, 0.15) is 44.2 Å². The van der Waals surface area contributed by atoms with Crippen LogP contribution in [0.5, 0.6) is 5.75 Å². The molecule has 0 unspecified atom stereocenters. The molecular formula is C26H35Cl2N3O5S. The number of halogens is 2. The molecule has 0 bridgehead atoms. The van der Waals surface area contributed by atoms with Gasteiger partial charge in [-0.05, 0) is 55.2 Å². The van der Waals surface area contributed by atoms with E-state index < -0.39 is 28.5 Å². The summed E-state index contributed by atoms with van der Waals surface area (Å²) in [5.74, 6) is -0.537. The molecule has 2 aromatic rings. The topological polar surface area (TPSA) is 96.0 Å². The summed E-state index contributed by atoms with van der Waals surface area (Å²) in [6, 6.07) is 9.22. The number of aryl methyl sites for hydroxylation is 1. The van der Waals surface area contributed by atoms with Crippen molar-refractivity contribution in [2.24, 2.45) is 0 Å². The van der Waals surface area contributed by atoms with Crippen molar-refractivity contribution in [3.05, 3.63) is 57.6 Å². The van der Waals surface area contributed by atoms with E-state index in [1.54, 1.807) is 43.3 Å². The van der Waals surface area contributed by atoms with Crippen LogP contribution in [0.25, 0.3) is 0 Å². The van der Waals surface area contributed by atoms with Crippen molar-refractivity contribution < 1.29 is 22.7 Å². The van der Waals surface area contributed by atoms with E-state index in [4.69, 9.17) is 27.9 Å². The van der Waals surface area contributed by atoms with Crippen LogP contribution >= 0.6 is 23.2 Å². The summed E-state index contributed by atoms with van der Waals surface area (Å²) in [6.07, 6.45) is 3.07. The number of hydrogen-bond donors (Lipinski definition) is 1. The van der Waals surface area contributed by atoms with Crippen molar-refractivity contribution in [3.63, 3.8) is 0 Å². The van der Waals surface area contributed by atoms with Crippen LogP contribution in [0.4, 0.5) is 5.69 Å². The Morgan fingerprint density at radius 3 is 2.35 bits per heavy atom. The highest BCUT2D eigenvalue weighted by molar-refractivity contribution is 7.92. The van der Waals surface area contributed by atoms with Gasteiger partial charge in [-0.1, -0.05) is 55.6 Å². The van der Waals surface area contributed by atoms with Crippen molar-refractivity contribution in [2.45, 2.75) is 52.6 Å². The summed E-state index contributed by atoms with van der Waals surface area (Å²) in [5, 5.41) is 3.56. The first-order valence-electron chi connectivity index (χ1n) is 12.1. The maximum atomic E-state index is 13.8. The first-order chi connectivity index (χ1) is 17.4. The van der Waals surface area contributed by atoms with E-state index in [1.807, 2.05) is 13.8 Å². The molecule has 11 heteroatoms. The molecule has 1 atom stereocenters. The number of carbonyl (C=O) groups excluding carboxylic acids is 2. The molecule has 2 aromatic carbocycles. The summed E-state index contributed by atoms with van der Waals surface area (Å²) in [4.78, 5) is 28.3. The third-order valence-corrected chi connectivity index (χ3v) is 7.70. The van der Waals surface area contributed by atoms with E-state index in [0.717, 1.165) is 29.0 Å². The predicted octanol–water partition coefficient (Wildman–Crippen LogP) is 4.80. The average Bonchev–Trinajstić information content (AvgIpc) is 2.83. The molecule has 0 aliphatic carbocycles. The van der Waals surface area contributed by atoms with Gasteiger partial charge in [-0.2, -0.15) is 0 Å². The van der Waals surface area contributed by atoms with Gasteiger partial charge in [0, 0.05) is 13.1 Å². The smallest absolute Gasteiger partial charge is 0.244 e. The molecule has 0 aliphatic heterocycles. The maximum absolute atomic E-state index is 13.8. The molecule has 0 fully saturated rings. The number of carbonyl (C=O) groups is 2. The average molecular weight is 573 g/mol. The monoisotopic (exact) mass is 571 g/mol. The lowest BCUT2D eigenvalue weighted by atomic mass is 10.1. The first-order valence-corrected chi connectivity index (χ1v) is 14.7. The summed E-state index contributed by atoms with van der Waals surface area (Å²) < 4.78 is 32.1. The highest BCUT2D eigenvalue weighted by Gasteiger charge is 2.32. The highest BCUT2D eigenvalue weighted by Crippen LogP contribution is 2.31. The highest BCUT2D eigenvalue weighted by atomic mass is 35.5. The van der Waals surface area contributed by atoms with Gasteiger partial charge in [0.05, 0.1) is 29.1 Å². The number of amides is 2. The number of nitrogens with one attached hydrogen (secondary N) is 1. The quantitative estimate of drug-likeness (QED) is 0.348. The number of hydrogen-bond acceptors (Lipinski definition) is 5. The van der Waals surface area contributed by atoms with Gasteiger partial charge >= 0.3 is 0 Å². The van der Waals surface area contributed by atoms with Gasteiger partial charge in [0.1, 0.15) is 18.3 Å². The molecule has 37 heavy (non-hydrogen) atoms. The zero-order valence-corrected chi connectivity index (χ0v) is 24.2. The number of methoxy groups -OCH3 is 1. The second-order valence-electron chi connectivity index (χ2n) is 8.78. The number of anilines is 1. The lowest BCUT2D eigenvalue weighted by Crippen LogP contribution is -2.52. The Balaban J connectivity index is 2.50. The van der Waals surface area contributed by atoms with Crippen LogP contribution < -0.4 is 14.4 Å². The minimum Gasteiger partial charge on any atom is -0.495 e. The molecule has 8 nitrogen and oxygen atoms in total. The fourth-order valence-corrected chi connectivity index (χ4v) is 5.02. The molecule has 1 N–H and O–H groups in total. The second-order valence-corrected chi connectivity index (χ2v) is 11.5. The van der Waals surface area contributed by atoms with Crippen molar-refractivity contribution >= 4 is 50.7 Å². The van der Waals surface area contributed by atoms with E-state index >= 15 is 0 Å². The molecule has 204 valence electrons. The lowest BCUT2D eigenvalue weighted by molar-refractivity contribution is -0.140.